The molecule has 0 fully saturated rings. The highest BCUT2D eigenvalue weighted by Gasteiger charge is 2.34. The molecule has 0 saturated heterocycles. The molecule has 0 aromatic carbocycles. The van der Waals surface area contributed by atoms with Gasteiger partial charge in [-0.1, -0.05) is 111 Å². The third-order valence-electron chi connectivity index (χ3n) is 13.6. The molecular weight excluding hydrogens is 1150 g/mol. The summed E-state index contributed by atoms with van der Waals surface area (Å²) >= 11 is 0. The Balaban J connectivity index is 0.000000570. The van der Waals surface area contributed by atoms with Gasteiger partial charge in [0.1, 0.15) is 23.3 Å². The van der Waals surface area contributed by atoms with Crippen molar-refractivity contribution >= 4 is 92.9 Å². The number of rotatable bonds is 0. The Bertz CT molecular complexity index is 3150. The Labute approximate surface area is 550 Å². The van der Waals surface area contributed by atoms with Crippen LogP contribution in [0, 0.1) is 27.7 Å². The van der Waals surface area contributed by atoms with Crippen molar-refractivity contribution in [3.63, 3.8) is 0 Å². The zero-order chi connectivity index (χ0) is 70.3. The summed E-state index contributed by atoms with van der Waals surface area (Å²) in [6.07, 6.45) is 13.7. The molecule has 8 aromatic rings. The molecule has 0 saturated carbocycles. The van der Waals surface area contributed by atoms with E-state index in [0.717, 1.165) is 68.3 Å². The number of carbonyl (C=O) groups excluding carboxylic acids is 4. The summed E-state index contributed by atoms with van der Waals surface area (Å²) in [5.74, 6) is 5.26. The minimum Gasteiger partial charge on any atom is -0.312 e. The highest BCUT2D eigenvalue weighted by Crippen LogP contribution is 2.42. The molecule has 0 atom stereocenters. The number of pyridine rings is 8. The second-order valence-corrected chi connectivity index (χ2v) is 18.4. The summed E-state index contributed by atoms with van der Waals surface area (Å²) in [7, 11) is 14.6. The van der Waals surface area contributed by atoms with E-state index in [4.69, 9.17) is 0 Å². The van der Waals surface area contributed by atoms with Gasteiger partial charge in [0.05, 0.1) is 45.0 Å². The van der Waals surface area contributed by atoms with Gasteiger partial charge in [-0.3, -0.25) is 19.2 Å². The largest absolute Gasteiger partial charge is 0.312 e. The summed E-state index contributed by atoms with van der Waals surface area (Å²) in [6, 6.07) is 21.9. The van der Waals surface area contributed by atoms with Gasteiger partial charge in [-0.05, 0) is 123 Å². The number of fused-ring (bicyclic) bond motifs is 8. The van der Waals surface area contributed by atoms with Gasteiger partial charge in [0.15, 0.2) is 23.3 Å². The van der Waals surface area contributed by atoms with Crippen LogP contribution in [0.5, 0.6) is 0 Å². The van der Waals surface area contributed by atoms with Crippen molar-refractivity contribution in [2.24, 2.45) is 0 Å². The highest BCUT2D eigenvalue weighted by molar-refractivity contribution is 6.15. The van der Waals surface area contributed by atoms with E-state index in [0.29, 0.717) is 45.5 Å². The number of aryl methyl sites for hydroxylation is 4. The molecule has 0 radical (unpaired) electrons. The number of aromatic nitrogens is 8. The van der Waals surface area contributed by atoms with Gasteiger partial charge in [0.25, 0.3) is 23.6 Å². The Morgan fingerprint density at radius 2 is 0.370 bits per heavy atom. The quantitative estimate of drug-likeness (QED) is 0.139. The van der Waals surface area contributed by atoms with Gasteiger partial charge in [-0.25, -0.2) is 39.9 Å². The predicted molar refractivity (Wildman–Crippen MR) is 387 cm³/mol. The van der Waals surface area contributed by atoms with Gasteiger partial charge in [-0.15, -0.1) is 0 Å². The van der Waals surface area contributed by atoms with Crippen molar-refractivity contribution in [1.82, 2.24) is 39.9 Å². The Hall–Kier alpha value is -9.72. The molecule has 0 spiro atoms. The van der Waals surface area contributed by atoms with E-state index < -0.39 is 0 Å². The van der Waals surface area contributed by atoms with E-state index in [2.05, 4.69) is 39.9 Å². The van der Waals surface area contributed by atoms with E-state index in [1.54, 1.807) is 146 Å². The first-order valence-electron chi connectivity index (χ1n) is 32.1. The van der Waals surface area contributed by atoms with Crippen molar-refractivity contribution in [2.75, 3.05) is 95.6 Å². The molecular formula is C72H104N16O4. The third-order valence-corrected chi connectivity index (χ3v) is 13.6. The molecule has 12 heterocycles. The van der Waals surface area contributed by atoms with Crippen LogP contribution in [0.1, 0.15) is 174 Å². The summed E-state index contributed by atoms with van der Waals surface area (Å²) in [4.78, 5) is 99.0. The monoisotopic (exact) mass is 1260 g/mol. The zero-order valence-electron chi connectivity index (χ0n) is 60.3. The van der Waals surface area contributed by atoms with Crippen LogP contribution in [0.15, 0.2) is 122 Å². The molecule has 0 unspecified atom stereocenters. The predicted octanol–water partition coefficient (Wildman–Crippen LogP) is 16.8. The summed E-state index contributed by atoms with van der Waals surface area (Å²) in [6.45, 7) is 39.9. The number of amides is 4. The first-order chi connectivity index (χ1) is 44.4. The molecule has 20 heteroatoms. The highest BCUT2D eigenvalue weighted by atomic mass is 16.2. The van der Waals surface area contributed by atoms with Crippen LogP contribution in [-0.4, -0.2) is 120 Å². The number of carbonyl (C=O) groups is 4. The molecule has 0 bridgehead atoms. The fourth-order valence-electron chi connectivity index (χ4n) is 9.64. The van der Waals surface area contributed by atoms with E-state index in [9.17, 15) is 19.2 Å². The van der Waals surface area contributed by atoms with Crippen LogP contribution in [0.25, 0.3) is 0 Å². The van der Waals surface area contributed by atoms with Crippen molar-refractivity contribution in [1.29, 1.82) is 0 Å². The van der Waals surface area contributed by atoms with Gasteiger partial charge >= 0.3 is 0 Å². The van der Waals surface area contributed by atoms with Crippen LogP contribution in [0.4, 0.5) is 69.3 Å². The fraction of sp³-hybridized carbons (Fsp3) is 0.389. The van der Waals surface area contributed by atoms with Gasteiger partial charge in [0, 0.05) is 106 Å². The van der Waals surface area contributed by atoms with E-state index in [1.807, 2.05) is 211 Å². The van der Waals surface area contributed by atoms with Crippen LogP contribution in [0.2, 0.25) is 0 Å². The first-order valence-corrected chi connectivity index (χ1v) is 32.1. The number of hydrogen-bond donors (Lipinski definition) is 0. The molecule has 496 valence electrons. The molecule has 20 nitrogen and oxygen atoms in total. The topological polar surface area (TPSA) is 197 Å². The standard InChI is InChI=1S/4C14H14N4O.8C2H6/c4*1-9-6-8-16-13-11(9)17(2)14(19)10-5-4-7-15-12(10)18(13)3;8*1-2/h4*4-8H,1-3H3;8*1-2H3. The normalized spacial score (nSPS) is 12.0. The molecule has 4 aliphatic heterocycles. The Kier molecular flexibility index (Phi) is 35.0. The summed E-state index contributed by atoms with van der Waals surface area (Å²) < 4.78 is 0. The zero-order valence-corrected chi connectivity index (χ0v) is 60.3. The van der Waals surface area contributed by atoms with Gasteiger partial charge in [-0.2, -0.15) is 0 Å². The lowest BCUT2D eigenvalue weighted by Gasteiger charge is -2.21. The van der Waals surface area contributed by atoms with Crippen molar-refractivity contribution in [3.05, 3.63) is 167 Å². The second kappa shape index (κ2) is 40.1. The molecule has 4 aliphatic rings. The average Bonchev–Trinajstić information content (AvgIpc) is 1.72. The molecule has 92 heavy (non-hydrogen) atoms. The minimum atomic E-state index is -0.0650. The lowest BCUT2D eigenvalue weighted by molar-refractivity contribution is 0.0986. The summed E-state index contributed by atoms with van der Waals surface area (Å²) in [5.41, 5.74) is 9.72. The van der Waals surface area contributed by atoms with Crippen LogP contribution < -0.4 is 39.2 Å². The van der Waals surface area contributed by atoms with E-state index >= 15 is 0 Å². The third kappa shape index (κ3) is 17.4. The summed E-state index contributed by atoms with van der Waals surface area (Å²) in [5, 5.41) is 0. The van der Waals surface area contributed by atoms with E-state index in [-0.39, 0.29) is 23.6 Å². The lowest BCUT2D eigenvalue weighted by atomic mass is 10.2. The maximum absolute atomic E-state index is 12.5. The van der Waals surface area contributed by atoms with Crippen molar-refractivity contribution in [2.45, 2.75) is 138 Å². The number of nitrogens with zero attached hydrogens (tertiary/aromatic N) is 16. The van der Waals surface area contributed by atoms with Gasteiger partial charge < -0.3 is 39.2 Å². The van der Waals surface area contributed by atoms with Gasteiger partial charge in [0.2, 0.25) is 0 Å². The maximum atomic E-state index is 12.5. The molecule has 4 amide bonds. The molecule has 12 rings (SSSR count). The first kappa shape index (κ1) is 80.3. The van der Waals surface area contributed by atoms with Crippen LogP contribution in [0.3, 0.4) is 0 Å². The maximum Gasteiger partial charge on any atom is 0.261 e. The van der Waals surface area contributed by atoms with E-state index in [1.165, 1.54) is 0 Å². The second-order valence-electron chi connectivity index (χ2n) is 18.4. The lowest BCUT2D eigenvalue weighted by Crippen LogP contribution is -2.26. The minimum absolute atomic E-state index is 0.0650. The Morgan fingerprint density at radius 3 is 0.533 bits per heavy atom. The smallest absolute Gasteiger partial charge is 0.261 e. The fourth-order valence-corrected chi connectivity index (χ4v) is 9.64. The van der Waals surface area contributed by atoms with Crippen LogP contribution in [-0.2, 0) is 0 Å². The number of hydrogen-bond acceptors (Lipinski definition) is 16. The SMILES string of the molecule is CC.CC.CC.CC.CC.CC.CC.CC.Cc1ccnc2c1N(C)C(=O)c1cccnc1N2C.Cc1ccnc2c1N(C)C(=O)c1cccnc1N2C.Cc1ccnc2c1N(C)C(=O)c1cccnc1N2C.Cc1ccnc2c1N(C)C(=O)c1cccnc1N2C. The average molecular weight is 1260 g/mol. The molecule has 0 N–H and O–H groups in total. The molecule has 0 aliphatic carbocycles. The van der Waals surface area contributed by atoms with Crippen molar-refractivity contribution in [3.8, 4) is 0 Å². The number of anilines is 12. The Morgan fingerprint density at radius 1 is 0.217 bits per heavy atom. The van der Waals surface area contributed by atoms with Crippen molar-refractivity contribution < 1.29 is 19.2 Å². The van der Waals surface area contributed by atoms with Crippen LogP contribution >= 0.6 is 0 Å². The molecule has 8 aromatic heterocycles.